The van der Waals surface area contributed by atoms with Crippen LogP contribution in [0.3, 0.4) is 0 Å². The molecule has 0 unspecified atom stereocenters. The Balaban J connectivity index is 1.85. The van der Waals surface area contributed by atoms with Gasteiger partial charge in [0.25, 0.3) is 0 Å². The van der Waals surface area contributed by atoms with Crippen LogP contribution in [0.1, 0.15) is 50.8 Å². The van der Waals surface area contributed by atoms with Gasteiger partial charge in [0.1, 0.15) is 11.2 Å². The summed E-state index contributed by atoms with van der Waals surface area (Å²) in [5.41, 5.74) is 2.75. The minimum absolute atomic E-state index is 0.329. The average molecular weight is 380 g/mol. The molecule has 6 heteroatoms. The van der Waals surface area contributed by atoms with Gasteiger partial charge in [0, 0.05) is 17.7 Å². The quantitative estimate of drug-likeness (QED) is 0.796. The van der Waals surface area contributed by atoms with Crippen molar-refractivity contribution in [3.8, 4) is 0 Å². The molecule has 1 saturated carbocycles. The van der Waals surface area contributed by atoms with E-state index in [0.717, 1.165) is 15.8 Å². The van der Waals surface area contributed by atoms with E-state index in [1.165, 1.54) is 18.4 Å². The Hall–Kier alpha value is -1.56. The van der Waals surface area contributed by atoms with Gasteiger partial charge in [-0.1, -0.05) is 0 Å². The number of nitrogens with zero attached hydrogens (tertiary/aromatic N) is 3. The topological polar surface area (TPSA) is 46.8 Å². The van der Waals surface area contributed by atoms with Crippen molar-refractivity contribution in [1.82, 2.24) is 14.3 Å². The molecule has 5 nitrogen and oxygen atoms in total. The Morgan fingerprint density at radius 1 is 1.48 bits per heavy atom. The predicted octanol–water partition coefficient (Wildman–Crippen LogP) is 4.34. The van der Waals surface area contributed by atoms with E-state index in [1.54, 1.807) is 11.9 Å². The van der Waals surface area contributed by atoms with Crippen molar-refractivity contribution in [3.05, 3.63) is 34.2 Å². The van der Waals surface area contributed by atoms with Crippen molar-refractivity contribution in [1.29, 1.82) is 0 Å². The summed E-state index contributed by atoms with van der Waals surface area (Å²) in [4.78, 5) is 18.3. The van der Waals surface area contributed by atoms with E-state index in [2.05, 4.69) is 31.4 Å². The van der Waals surface area contributed by atoms with Crippen molar-refractivity contribution in [3.63, 3.8) is 0 Å². The number of pyridine rings is 1. The number of aromatic nitrogens is 2. The van der Waals surface area contributed by atoms with Crippen LogP contribution >= 0.6 is 15.9 Å². The normalized spacial score (nSPS) is 15.0. The molecule has 1 fully saturated rings. The molecule has 0 radical (unpaired) electrons. The molecule has 2 aromatic heterocycles. The molecule has 1 amide bonds. The number of ether oxygens (including phenoxy) is 1. The van der Waals surface area contributed by atoms with Gasteiger partial charge in [0.15, 0.2) is 0 Å². The Bertz CT molecular complexity index is 744. The second-order valence-electron chi connectivity index (χ2n) is 7.17. The molecule has 0 aliphatic heterocycles. The van der Waals surface area contributed by atoms with Crippen LogP contribution in [-0.2, 0) is 11.3 Å². The number of fused-ring (bicyclic) bond motifs is 1. The molecule has 0 N–H and O–H groups in total. The number of imidazole rings is 1. The first-order valence-electron chi connectivity index (χ1n) is 7.84. The molecule has 1 aliphatic carbocycles. The van der Waals surface area contributed by atoms with Crippen molar-refractivity contribution >= 4 is 27.7 Å². The van der Waals surface area contributed by atoms with E-state index in [0.29, 0.717) is 12.5 Å². The molecule has 0 atom stereocenters. The lowest BCUT2D eigenvalue weighted by molar-refractivity contribution is 0.0283. The highest BCUT2D eigenvalue weighted by Crippen LogP contribution is 2.42. The summed E-state index contributed by atoms with van der Waals surface area (Å²) in [6.07, 6.45) is 5.98. The third kappa shape index (κ3) is 3.68. The summed E-state index contributed by atoms with van der Waals surface area (Å²) >= 11 is 3.58. The third-order valence-corrected chi connectivity index (χ3v) is 4.23. The second-order valence-corrected chi connectivity index (χ2v) is 8.08. The molecule has 0 spiro atoms. The van der Waals surface area contributed by atoms with Gasteiger partial charge < -0.3 is 14.0 Å². The summed E-state index contributed by atoms with van der Waals surface area (Å²) in [7, 11) is 1.74. The van der Waals surface area contributed by atoms with Gasteiger partial charge in [-0.2, -0.15) is 0 Å². The molecule has 23 heavy (non-hydrogen) atoms. The number of carbonyl (C=O) groups excluding carboxylic acids is 1. The molecule has 1 aliphatic rings. The van der Waals surface area contributed by atoms with Crippen LogP contribution < -0.4 is 0 Å². The lowest BCUT2D eigenvalue weighted by Gasteiger charge is -2.24. The Morgan fingerprint density at radius 2 is 2.17 bits per heavy atom. The predicted molar refractivity (Wildman–Crippen MR) is 92.6 cm³/mol. The van der Waals surface area contributed by atoms with Crippen LogP contribution in [-0.4, -0.2) is 33.0 Å². The number of halogens is 1. The zero-order chi connectivity index (χ0) is 16.8. The van der Waals surface area contributed by atoms with Crippen LogP contribution in [0.15, 0.2) is 22.9 Å². The number of hydrogen-bond acceptors (Lipinski definition) is 3. The van der Waals surface area contributed by atoms with Crippen LogP contribution in [0.5, 0.6) is 0 Å². The Morgan fingerprint density at radius 3 is 2.78 bits per heavy atom. The second kappa shape index (κ2) is 5.82. The highest BCUT2D eigenvalue weighted by Gasteiger charge is 2.27. The highest BCUT2D eigenvalue weighted by atomic mass is 79.9. The fourth-order valence-electron chi connectivity index (χ4n) is 2.59. The summed E-state index contributed by atoms with van der Waals surface area (Å²) in [6, 6.07) is 2.15. The zero-order valence-corrected chi connectivity index (χ0v) is 15.6. The molecular formula is C17H22BrN3O2. The first kappa shape index (κ1) is 16.3. The molecule has 0 bridgehead atoms. The minimum Gasteiger partial charge on any atom is -0.444 e. The minimum atomic E-state index is -0.493. The first-order chi connectivity index (χ1) is 10.7. The molecule has 0 aromatic carbocycles. The average Bonchev–Trinajstić information content (AvgIpc) is 3.20. The van der Waals surface area contributed by atoms with E-state index >= 15 is 0 Å². The summed E-state index contributed by atoms with van der Waals surface area (Å²) in [5, 5.41) is 0. The maximum atomic E-state index is 12.1. The van der Waals surface area contributed by atoms with E-state index in [1.807, 2.05) is 33.2 Å². The molecule has 2 heterocycles. The lowest BCUT2D eigenvalue weighted by atomic mass is 10.2. The zero-order valence-electron chi connectivity index (χ0n) is 14.0. The summed E-state index contributed by atoms with van der Waals surface area (Å²) < 4.78 is 8.51. The fraction of sp³-hybridized carbons (Fsp3) is 0.529. The first-order valence-corrected chi connectivity index (χ1v) is 8.63. The van der Waals surface area contributed by atoms with Crippen molar-refractivity contribution in [2.45, 2.75) is 51.7 Å². The lowest BCUT2D eigenvalue weighted by Crippen LogP contribution is -2.34. The van der Waals surface area contributed by atoms with Crippen LogP contribution in [0.4, 0.5) is 4.79 Å². The van der Waals surface area contributed by atoms with Gasteiger partial charge in [0.05, 0.1) is 18.4 Å². The number of hydrogen-bond donors (Lipinski definition) is 0. The third-order valence-electron chi connectivity index (χ3n) is 3.80. The van der Waals surface area contributed by atoms with Crippen molar-refractivity contribution < 1.29 is 9.53 Å². The molecule has 124 valence electrons. The maximum absolute atomic E-state index is 12.1. The standard InChI is InChI=1S/C17H22BrN3O2/c1-17(2,3)23-16(22)20(4)10-13-8-19-15-14(11-5-6-11)7-12(18)9-21(13)15/h7-9,11H,5-6,10H2,1-4H3. The number of amides is 1. The van der Waals surface area contributed by atoms with Gasteiger partial charge in [-0.25, -0.2) is 9.78 Å². The monoisotopic (exact) mass is 379 g/mol. The van der Waals surface area contributed by atoms with Crippen LogP contribution in [0.25, 0.3) is 5.65 Å². The molecular weight excluding hydrogens is 358 g/mol. The van der Waals surface area contributed by atoms with Crippen LogP contribution in [0, 0.1) is 0 Å². The van der Waals surface area contributed by atoms with Gasteiger partial charge in [-0.15, -0.1) is 0 Å². The fourth-order valence-corrected chi connectivity index (χ4v) is 3.04. The summed E-state index contributed by atoms with van der Waals surface area (Å²) in [6.45, 7) is 6.06. The van der Waals surface area contributed by atoms with Gasteiger partial charge >= 0.3 is 6.09 Å². The Kier molecular flexibility index (Phi) is 4.12. The van der Waals surface area contributed by atoms with E-state index < -0.39 is 5.60 Å². The maximum Gasteiger partial charge on any atom is 0.410 e. The van der Waals surface area contributed by atoms with Crippen molar-refractivity contribution in [2.24, 2.45) is 0 Å². The Labute approximate surface area is 144 Å². The van der Waals surface area contributed by atoms with E-state index in [4.69, 9.17) is 4.74 Å². The SMILES string of the molecule is CN(Cc1cnc2c(C3CC3)cc(Br)cn12)C(=O)OC(C)(C)C. The molecule has 0 saturated heterocycles. The number of carbonyl (C=O) groups is 1. The molecule has 3 rings (SSSR count). The highest BCUT2D eigenvalue weighted by molar-refractivity contribution is 9.10. The number of rotatable bonds is 3. The van der Waals surface area contributed by atoms with Crippen molar-refractivity contribution in [2.75, 3.05) is 7.05 Å². The molecule has 2 aromatic rings. The summed E-state index contributed by atoms with van der Waals surface area (Å²) in [5.74, 6) is 0.619. The van der Waals surface area contributed by atoms with E-state index in [-0.39, 0.29) is 6.09 Å². The van der Waals surface area contributed by atoms with Gasteiger partial charge in [0.2, 0.25) is 0 Å². The van der Waals surface area contributed by atoms with Crippen LogP contribution in [0.2, 0.25) is 0 Å². The smallest absolute Gasteiger partial charge is 0.410 e. The van der Waals surface area contributed by atoms with E-state index in [9.17, 15) is 4.79 Å². The van der Waals surface area contributed by atoms with Gasteiger partial charge in [-0.3, -0.25) is 0 Å². The van der Waals surface area contributed by atoms with Gasteiger partial charge in [-0.05, 0) is 67.1 Å². The largest absolute Gasteiger partial charge is 0.444 e.